The molecule has 164 valence electrons. The molecule has 2 aromatic carbocycles. The molecule has 2 heterocycles. The molecule has 8 heteroatoms. The van der Waals surface area contributed by atoms with E-state index in [1.165, 1.54) is 0 Å². The van der Waals surface area contributed by atoms with E-state index in [0.717, 1.165) is 40.9 Å². The second-order valence-corrected chi connectivity index (χ2v) is 8.39. The van der Waals surface area contributed by atoms with Crippen LogP contribution in [0.4, 0.5) is 0 Å². The molecule has 0 amide bonds. The average molecular weight is 432 g/mol. The molecular weight excluding hydrogens is 404 g/mol. The van der Waals surface area contributed by atoms with Gasteiger partial charge in [0.15, 0.2) is 11.3 Å². The maximum atomic E-state index is 12.3. The highest BCUT2D eigenvalue weighted by atomic mass is 16.4. The molecule has 1 aromatic heterocycles. The molecule has 0 saturated heterocycles. The standard InChI is InChI=1S/C24H26N6O2/c1-5-14-30(4)22(20(24(31)32)21(27-30)15(2)3)17-12-10-16(11-13-17)18-8-6-7-9-19(18)23-25-28-29-26-23/h6-13,15H,5,14H2,1-4H3,(H-,25,26,27,28,29,31,32)/p+1. The van der Waals surface area contributed by atoms with Gasteiger partial charge in [-0.1, -0.05) is 62.3 Å². The molecule has 8 nitrogen and oxygen atoms in total. The lowest BCUT2D eigenvalue weighted by molar-refractivity contribution is -0.844. The summed E-state index contributed by atoms with van der Waals surface area (Å²) in [6.45, 7) is 6.78. The van der Waals surface area contributed by atoms with Gasteiger partial charge in [0.05, 0.1) is 7.05 Å². The molecule has 1 unspecified atom stereocenters. The Morgan fingerprint density at radius 1 is 1.06 bits per heavy atom. The van der Waals surface area contributed by atoms with E-state index in [4.69, 9.17) is 5.10 Å². The zero-order valence-electron chi connectivity index (χ0n) is 18.7. The minimum Gasteiger partial charge on any atom is -0.477 e. The van der Waals surface area contributed by atoms with E-state index < -0.39 is 5.97 Å². The van der Waals surface area contributed by atoms with Crippen molar-refractivity contribution in [2.45, 2.75) is 27.2 Å². The molecule has 2 N–H and O–H groups in total. The number of H-pyrrole nitrogens is 1. The molecule has 32 heavy (non-hydrogen) atoms. The number of hydrogen-bond donors (Lipinski definition) is 2. The number of aliphatic carboxylic acids is 1. The van der Waals surface area contributed by atoms with Crippen molar-refractivity contribution in [3.05, 3.63) is 59.7 Å². The Hall–Kier alpha value is -3.65. The topological polar surface area (TPSA) is 104 Å². The van der Waals surface area contributed by atoms with Crippen LogP contribution in [0.3, 0.4) is 0 Å². The number of nitrogens with zero attached hydrogens (tertiary/aromatic N) is 5. The van der Waals surface area contributed by atoms with Crippen LogP contribution in [0.2, 0.25) is 0 Å². The van der Waals surface area contributed by atoms with Crippen LogP contribution in [0.5, 0.6) is 0 Å². The van der Waals surface area contributed by atoms with Gasteiger partial charge in [0.2, 0.25) is 5.82 Å². The maximum Gasteiger partial charge on any atom is 0.344 e. The van der Waals surface area contributed by atoms with E-state index in [9.17, 15) is 9.90 Å². The Balaban J connectivity index is 1.81. The monoisotopic (exact) mass is 431 g/mol. The first-order valence-electron chi connectivity index (χ1n) is 10.7. The van der Waals surface area contributed by atoms with Gasteiger partial charge in [0.25, 0.3) is 0 Å². The predicted molar refractivity (Wildman–Crippen MR) is 123 cm³/mol. The predicted octanol–water partition coefficient (Wildman–Crippen LogP) is 4.21. The lowest BCUT2D eigenvalue weighted by atomic mass is 9.94. The number of carboxylic acids is 1. The van der Waals surface area contributed by atoms with Crippen LogP contribution >= 0.6 is 0 Å². The van der Waals surface area contributed by atoms with E-state index in [1.807, 2.05) is 69.4 Å². The lowest BCUT2D eigenvalue weighted by Gasteiger charge is -2.26. The van der Waals surface area contributed by atoms with E-state index >= 15 is 0 Å². The largest absolute Gasteiger partial charge is 0.477 e. The fourth-order valence-electron chi connectivity index (χ4n) is 4.35. The third-order valence-corrected chi connectivity index (χ3v) is 5.71. The van der Waals surface area contributed by atoms with Gasteiger partial charge in [-0.2, -0.15) is 9.81 Å². The van der Waals surface area contributed by atoms with Crippen LogP contribution in [-0.2, 0) is 4.79 Å². The molecule has 0 fully saturated rings. The maximum absolute atomic E-state index is 12.3. The number of tetrazole rings is 1. The third kappa shape index (κ3) is 3.73. The molecule has 1 atom stereocenters. The summed E-state index contributed by atoms with van der Waals surface area (Å²) >= 11 is 0. The number of aromatic nitrogens is 4. The van der Waals surface area contributed by atoms with Crippen molar-refractivity contribution in [2.75, 3.05) is 13.6 Å². The van der Waals surface area contributed by atoms with Crippen molar-refractivity contribution in [1.82, 2.24) is 20.6 Å². The third-order valence-electron chi connectivity index (χ3n) is 5.71. The highest BCUT2D eigenvalue weighted by Crippen LogP contribution is 2.39. The normalized spacial score (nSPS) is 18.3. The van der Waals surface area contributed by atoms with Crippen molar-refractivity contribution < 1.29 is 14.5 Å². The summed E-state index contributed by atoms with van der Waals surface area (Å²) in [5.74, 6) is -0.385. The van der Waals surface area contributed by atoms with Crippen LogP contribution in [-0.4, -0.2) is 55.6 Å². The fourth-order valence-corrected chi connectivity index (χ4v) is 4.35. The smallest absolute Gasteiger partial charge is 0.344 e. The average Bonchev–Trinajstić information content (AvgIpc) is 3.41. The SMILES string of the molecule is CCC[N+]1(C)N=C(C(C)C)C(C(=O)O)=C1c1ccc(-c2ccccc2-c2nn[nH]n2)cc1. The van der Waals surface area contributed by atoms with Gasteiger partial charge in [-0.25, -0.2) is 4.79 Å². The Labute approximate surface area is 186 Å². The minimum atomic E-state index is -0.933. The summed E-state index contributed by atoms with van der Waals surface area (Å²) in [6, 6.07) is 15.8. The van der Waals surface area contributed by atoms with E-state index in [2.05, 4.69) is 27.5 Å². The van der Waals surface area contributed by atoms with Gasteiger partial charge < -0.3 is 5.11 Å². The van der Waals surface area contributed by atoms with E-state index in [-0.39, 0.29) is 10.5 Å². The summed E-state index contributed by atoms with van der Waals surface area (Å²) in [6.07, 6.45) is 0.887. The van der Waals surface area contributed by atoms with E-state index in [1.54, 1.807) is 0 Å². The zero-order valence-corrected chi connectivity index (χ0v) is 18.7. The first-order valence-corrected chi connectivity index (χ1v) is 10.7. The van der Waals surface area contributed by atoms with Crippen molar-refractivity contribution in [3.8, 4) is 22.5 Å². The van der Waals surface area contributed by atoms with Gasteiger partial charge in [-0.3, -0.25) is 0 Å². The van der Waals surface area contributed by atoms with Crippen LogP contribution in [0.15, 0.2) is 59.2 Å². The molecule has 0 aliphatic carbocycles. The number of hydrogen-bond acceptors (Lipinski definition) is 5. The second kappa shape index (κ2) is 8.47. The number of carboxylic acid groups (broad SMARTS) is 1. The molecule has 0 radical (unpaired) electrons. The van der Waals surface area contributed by atoms with Crippen LogP contribution < -0.4 is 0 Å². The summed E-state index contributed by atoms with van der Waals surface area (Å²) in [5.41, 5.74) is 5.39. The van der Waals surface area contributed by atoms with Crippen molar-refractivity contribution in [1.29, 1.82) is 0 Å². The van der Waals surface area contributed by atoms with Gasteiger partial charge >= 0.3 is 5.97 Å². The number of carbonyl (C=O) groups is 1. The molecule has 3 aromatic rings. The van der Waals surface area contributed by atoms with E-state index in [0.29, 0.717) is 17.1 Å². The molecular formula is C24H27N6O2+. The summed E-state index contributed by atoms with van der Waals surface area (Å²) < 4.78 is 0.241. The van der Waals surface area contributed by atoms with Crippen molar-refractivity contribution in [2.24, 2.45) is 11.0 Å². The van der Waals surface area contributed by atoms with Gasteiger partial charge in [0, 0.05) is 17.0 Å². The first kappa shape index (κ1) is 21.6. The van der Waals surface area contributed by atoms with Crippen LogP contribution in [0.25, 0.3) is 28.2 Å². The van der Waals surface area contributed by atoms with Crippen molar-refractivity contribution >= 4 is 17.4 Å². The number of benzene rings is 2. The zero-order chi connectivity index (χ0) is 22.9. The van der Waals surface area contributed by atoms with Gasteiger partial charge in [-0.15, -0.1) is 10.2 Å². The summed E-state index contributed by atoms with van der Waals surface area (Å²) in [4.78, 5) is 12.3. The molecule has 4 rings (SSSR count). The summed E-state index contributed by atoms with van der Waals surface area (Å²) in [5, 5.41) is 29.3. The Bertz CT molecular complexity index is 1200. The lowest BCUT2D eigenvalue weighted by Crippen LogP contribution is -2.35. The Morgan fingerprint density at radius 2 is 1.72 bits per heavy atom. The Morgan fingerprint density at radius 3 is 2.28 bits per heavy atom. The van der Waals surface area contributed by atoms with Crippen LogP contribution in [0, 0.1) is 5.92 Å². The number of quaternary nitrogens is 1. The van der Waals surface area contributed by atoms with Crippen molar-refractivity contribution in [3.63, 3.8) is 0 Å². The molecule has 0 bridgehead atoms. The molecule has 1 aliphatic rings. The Kier molecular flexibility index (Phi) is 5.71. The van der Waals surface area contributed by atoms with Gasteiger partial charge in [0.1, 0.15) is 12.3 Å². The van der Waals surface area contributed by atoms with Gasteiger partial charge in [-0.05, 0) is 34.9 Å². The number of rotatable bonds is 7. The number of nitrogens with one attached hydrogen (secondary N) is 1. The highest BCUT2D eigenvalue weighted by Gasteiger charge is 2.44. The quantitative estimate of drug-likeness (QED) is 0.545. The first-order chi connectivity index (χ1) is 15.4. The number of aromatic amines is 1. The minimum absolute atomic E-state index is 0.0222. The second-order valence-electron chi connectivity index (χ2n) is 8.39. The molecule has 1 aliphatic heterocycles. The highest BCUT2D eigenvalue weighted by molar-refractivity contribution is 6.25. The fraction of sp³-hybridized carbons (Fsp3) is 0.292. The molecule has 0 saturated carbocycles. The summed E-state index contributed by atoms with van der Waals surface area (Å²) in [7, 11) is 1.98. The molecule has 0 spiro atoms. The van der Waals surface area contributed by atoms with Crippen LogP contribution in [0.1, 0.15) is 32.8 Å².